The molecule has 3 aromatic carbocycles. The molecule has 4 rings (SSSR count). The number of esters is 1. The summed E-state index contributed by atoms with van der Waals surface area (Å²) >= 11 is 1.61. The molecule has 0 unspecified atom stereocenters. The number of nitrogens with zero attached hydrogens (tertiary/aromatic N) is 1. The van der Waals surface area contributed by atoms with Gasteiger partial charge < -0.3 is 20.1 Å². The average molecular weight is 490 g/mol. The largest absolute Gasteiger partial charge is 0.497 e. The van der Waals surface area contributed by atoms with Crippen molar-refractivity contribution in [1.82, 2.24) is 10.3 Å². The van der Waals surface area contributed by atoms with E-state index in [9.17, 15) is 14.4 Å². The maximum atomic E-state index is 12.1. The van der Waals surface area contributed by atoms with Crippen LogP contribution in [0.15, 0.2) is 66.7 Å². The van der Waals surface area contributed by atoms with Crippen molar-refractivity contribution in [2.24, 2.45) is 0 Å². The van der Waals surface area contributed by atoms with Crippen LogP contribution in [0, 0.1) is 6.92 Å². The number of rotatable bonds is 8. The number of aryl methyl sites for hydroxylation is 1. The molecule has 178 valence electrons. The Morgan fingerprint density at radius 2 is 1.71 bits per heavy atom. The highest BCUT2D eigenvalue weighted by Gasteiger charge is 2.12. The Bertz CT molecular complexity index is 1360. The number of nitrogens with one attached hydrogen (secondary N) is 2. The minimum Gasteiger partial charge on any atom is -0.497 e. The van der Waals surface area contributed by atoms with Gasteiger partial charge in [0.25, 0.3) is 11.8 Å². The minimum atomic E-state index is -0.719. The number of carbonyl (C=O) groups is 3. The van der Waals surface area contributed by atoms with E-state index >= 15 is 0 Å². The zero-order chi connectivity index (χ0) is 24.8. The standard InChI is InChI=1S/C26H23N3O5S/c1-16-3-12-21-22(13-16)35-26(29-21)18-4-8-19(9-5-18)28-23(30)15-34-24(31)14-27-25(32)17-6-10-20(33-2)11-7-17/h3-13H,14-15H2,1-2H3,(H,27,32)(H,28,30). The van der Waals surface area contributed by atoms with E-state index in [0.717, 1.165) is 20.8 Å². The van der Waals surface area contributed by atoms with E-state index in [1.807, 2.05) is 31.2 Å². The molecule has 9 heteroatoms. The van der Waals surface area contributed by atoms with Gasteiger partial charge in [0.15, 0.2) is 6.61 Å². The van der Waals surface area contributed by atoms with E-state index in [0.29, 0.717) is 17.0 Å². The highest BCUT2D eigenvalue weighted by atomic mass is 32.1. The first-order valence-electron chi connectivity index (χ1n) is 10.8. The van der Waals surface area contributed by atoms with Gasteiger partial charge in [-0.25, -0.2) is 4.98 Å². The highest BCUT2D eigenvalue weighted by Crippen LogP contribution is 2.31. The number of carbonyl (C=O) groups excluding carboxylic acids is 3. The number of hydrogen-bond donors (Lipinski definition) is 2. The van der Waals surface area contributed by atoms with Crippen LogP contribution in [0.2, 0.25) is 0 Å². The molecule has 0 radical (unpaired) electrons. The normalized spacial score (nSPS) is 10.6. The third-order valence-electron chi connectivity index (χ3n) is 5.07. The molecule has 1 heterocycles. The molecule has 0 saturated heterocycles. The van der Waals surface area contributed by atoms with Crippen LogP contribution in [0.1, 0.15) is 15.9 Å². The van der Waals surface area contributed by atoms with Crippen LogP contribution in [0.3, 0.4) is 0 Å². The molecule has 0 aliphatic heterocycles. The lowest BCUT2D eigenvalue weighted by Crippen LogP contribution is -2.32. The van der Waals surface area contributed by atoms with Gasteiger partial charge in [0.05, 0.1) is 17.3 Å². The second-order valence-corrected chi connectivity index (χ2v) is 8.72. The second kappa shape index (κ2) is 10.8. The third-order valence-corrected chi connectivity index (χ3v) is 6.14. The monoisotopic (exact) mass is 489 g/mol. The third kappa shape index (κ3) is 6.21. The molecule has 0 saturated carbocycles. The average Bonchev–Trinajstić information content (AvgIpc) is 3.29. The summed E-state index contributed by atoms with van der Waals surface area (Å²) in [7, 11) is 1.53. The van der Waals surface area contributed by atoms with Gasteiger partial charge in [0, 0.05) is 16.8 Å². The molecule has 4 aromatic rings. The van der Waals surface area contributed by atoms with Crippen molar-refractivity contribution >= 4 is 45.0 Å². The van der Waals surface area contributed by atoms with Crippen LogP contribution in [0.25, 0.3) is 20.8 Å². The number of aromatic nitrogens is 1. The molecular weight excluding hydrogens is 466 g/mol. The van der Waals surface area contributed by atoms with Crippen molar-refractivity contribution in [2.75, 3.05) is 25.6 Å². The summed E-state index contributed by atoms with van der Waals surface area (Å²) < 4.78 is 11.1. The van der Waals surface area contributed by atoms with Crippen LogP contribution >= 0.6 is 11.3 Å². The van der Waals surface area contributed by atoms with E-state index in [-0.39, 0.29) is 6.54 Å². The number of methoxy groups -OCH3 is 1. The summed E-state index contributed by atoms with van der Waals surface area (Å²) in [5.41, 5.74) is 4.03. The molecule has 8 nitrogen and oxygen atoms in total. The van der Waals surface area contributed by atoms with Crippen LogP contribution in [-0.2, 0) is 14.3 Å². The van der Waals surface area contributed by atoms with Gasteiger partial charge in [0.2, 0.25) is 0 Å². The van der Waals surface area contributed by atoms with Crippen LogP contribution in [0.5, 0.6) is 5.75 Å². The maximum Gasteiger partial charge on any atom is 0.325 e. The molecule has 35 heavy (non-hydrogen) atoms. The Morgan fingerprint density at radius 3 is 2.43 bits per heavy atom. The smallest absolute Gasteiger partial charge is 0.325 e. The maximum absolute atomic E-state index is 12.1. The summed E-state index contributed by atoms with van der Waals surface area (Å²) in [6, 6.07) is 19.9. The minimum absolute atomic E-state index is 0.353. The van der Waals surface area contributed by atoms with E-state index in [1.165, 1.54) is 12.7 Å². The fourth-order valence-electron chi connectivity index (χ4n) is 3.24. The molecule has 2 amide bonds. The molecule has 0 bridgehead atoms. The molecule has 0 atom stereocenters. The summed E-state index contributed by atoms with van der Waals surface area (Å²) in [6.07, 6.45) is 0. The molecule has 2 N–H and O–H groups in total. The van der Waals surface area contributed by atoms with Crippen molar-refractivity contribution in [2.45, 2.75) is 6.92 Å². The van der Waals surface area contributed by atoms with Gasteiger partial charge in [-0.1, -0.05) is 6.07 Å². The van der Waals surface area contributed by atoms with Gasteiger partial charge in [-0.05, 0) is 73.2 Å². The number of fused-ring (bicyclic) bond motifs is 1. The number of ether oxygens (including phenoxy) is 2. The van der Waals surface area contributed by atoms with Crippen molar-refractivity contribution < 1.29 is 23.9 Å². The van der Waals surface area contributed by atoms with Crippen molar-refractivity contribution in [1.29, 1.82) is 0 Å². The predicted molar refractivity (Wildman–Crippen MR) is 135 cm³/mol. The number of hydrogen-bond acceptors (Lipinski definition) is 7. The topological polar surface area (TPSA) is 107 Å². The summed E-state index contributed by atoms with van der Waals surface area (Å²) in [5, 5.41) is 6.03. The fraction of sp³-hybridized carbons (Fsp3) is 0.154. The summed E-state index contributed by atoms with van der Waals surface area (Å²) in [4.78, 5) is 40.8. The Labute approximate surface area is 205 Å². The van der Waals surface area contributed by atoms with Crippen molar-refractivity contribution in [3.63, 3.8) is 0 Å². The lowest BCUT2D eigenvalue weighted by atomic mass is 10.2. The lowest BCUT2D eigenvalue weighted by Gasteiger charge is -2.08. The van der Waals surface area contributed by atoms with Gasteiger partial charge >= 0.3 is 5.97 Å². The molecule has 0 aliphatic carbocycles. The first kappa shape index (κ1) is 23.9. The van der Waals surface area contributed by atoms with Crippen LogP contribution in [-0.4, -0.2) is 43.0 Å². The van der Waals surface area contributed by atoms with Gasteiger partial charge in [0.1, 0.15) is 17.3 Å². The molecular formula is C26H23N3O5S. The Kier molecular flexibility index (Phi) is 7.37. The number of thiazole rings is 1. The SMILES string of the molecule is COc1ccc(C(=O)NCC(=O)OCC(=O)Nc2ccc(-c3nc4ccc(C)cc4s3)cc2)cc1. The summed E-state index contributed by atoms with van der Waals surface area (Å²) in [5.74, 6) is -1.02. The van der Waals surface area contributed by atoms with Crippen molar-refractivity contribution in [3.05, 3.63) is 77.9 Å². The number of anilines is 1. The van der Waals surface area contributed by atoms with E-state index < -0.39 is 24.4 Å². The zero-order valence-corrected chi connectivity index (χ0v) is 20.0. The number of benzene rings is 3. The molecule has 0 fully saturated rings. The molecule has 0 spiro atoms. The predicted octanol–water partition coefficient (Wildman–Crippen LogP) is 4.19. The molecule has 1 aromatic heterocycles. The van der Waals surface area contributed by atoms with Gasteiger partial charge in [-0.15, -0.1) is 11.3 Å². The van der Waals surface area contributed by atoms with E-state index in [4.69, 9.17) is 9.47 Å². The van der Waals surface area contributed by atoms with E-state index in [2.05, 4.69) is 21.7 Å². The second-order valence-electron chi connectivity index (χ2n) is 7.69. The number of amides is 2. The van der Waals surface area contributed by atoms with E-state index in [1.54, 1.807) is 47.7 Å². The van der Waals surface area contributed by atoms with Crippen molar-refractivity contribution in [3.8, 4) is 16.3 Å². The Balaban J connectivity index is 1.23. The first-order chi connectivity index (χ1) is 16.9. The summed E-state index contributed by atoms with van der Waals surface area (Å²) in [6.45, 7) is 1.23. The lowest BCUT2D eigenvalue weighted by molar-refractivity contribution is -0.146. The van der Waals surface area contributed by atoms with Crippen LogP contribution < -0.4 is 15.4 Å². The quantitative estimate of drug-likeness (QED) is 0.360. The van der Waals surface area contributed by atoms with Gasteiger partial charge in [-0.3, -0.25) is 14.4 Å². The first-order valence-corrected chi connectivity index (χ1v) is 11.6. The van der Waals surface area contributed by atoms with Gasteiger partial charge in [-0.2, -0.15) is 0 Å². The highest BCUT2D eigenvalue weighted by molar-refractivity contribution is 7.21. The van der Waals surface area contributed by atoms with Crippen LogP contribution in [0.4, 0.5) is 5.69 Å². The fourth-order valence-corrected chi connectivity index (χ4v) is 4.31. The Hall–Kier alpha value is -4.24. The Morgan fingerprint density at radius 1 is 0.971 bits per heavy atom. The zero-order valence-electron chi connectivity index (χ0n) is 19.2. The molecule has 0 aliphatic rings.